The number of aliphatic imine (C=N–C) groups is 2. The lowest BCUT2D eigenvalue weighted by Crippen LogP contribution is -2.41. The number of esters is 1. The number of rotatable bonds is 9. The Bertz CT molecular complexity index is 4400. The molecule has 3 aliphatic heterocycles. The molecule has 89 heavy (non-hydrogen) atoms. The maximum absolute atomic E-state index is 15.2. The molecule has 466 valence electrons. The number of benzene rings is 4. The van der Waals surface area contributed by atoms with E-state index in [-0.39, 0.29) is 51.0 Å². The summed E-state index contributed by atoms with van der Waals surface area (Å²) in [5.41, 5.74) is 2.12. The highest BCUT2D eigenvalue weighted by Gasteiger charge is 2.52. The lowest BCUT2D eigenvalue weighted by molar-refractivity contribution is -0.142. The van der Waals surface area contributed by atoms with Crippen molar-refractivity contribution in [2.24, 2.45) is 24.1 Å². The van der Waals surface area contributed by atoms with Gasteiger partial charge < -0.3 is 48.4 Å². The predicted octanol–water partition coefficient (Wildman–Crippen LogP) is 8.61. The van der Waals surface area contributed by atoms with Crippen LogP contribution in [0.3, 0.4) is 0 Å². The molecular weight excluding hydrogens is 1210 g/mol. The van der Waals surface area contributed by atoms with Gasteiger partial charge in [0.25, 0.3) is 34.3 Å². The Hall–Kier alpha value is -8.65. The number of hydrogen-bond donors (Lipinski definition) is 3. The van der Waals surface area contributed by atoms with E-state index < -0.39 is 53.6 Å². The maximum Gasteiger partial charge on any atom is 0.495 e. The molecule has 21 nitrogen and oxygen atoms in total. The number of nitrogens with zero attached hydrogens (tertiary/aromatic N) is 8. The number of ether oxygens (including phenoxy) is 3. The third-order valence-electron chi connectivity index (χ3n) is 15.6. The monoisotopic (exact) mass is 1280 g/mol. The van der Waals surface area contributed by atoms with Crippen LogP contribution in [0.5, 0.6) is 0 Å². The summed E-state index contributed by atoms with van der Waals surface area (Å²) in [7, 11) is 2.54. The number of carbonyl (C=O) groups excluding carboxylic acids is 1. The quantitative estimate of drug-likeness (QED) is 0.0904. The van der Waals surface area contributed by atoms with Gasteiger partial charge in [0.1, 0.15) is 42.8 Å². The summed E-state index contributed by atoms with van der Waals surface area (Å²) < 4.78 is 64.7. The summed E-state index contributed by atoms with van der Waals surface area (Å²) in [4.78, 5) is 71.3. The zero-order valence-electron chi connectivity index (χ0n) is 51.8. The number of hydrogen-bond acceptors (Lipinski definition) is 17. The van der Waals surface area contributed by atoms with Crippen LogP contribution in [0.15, 0.2) is 131 Å². The Morgan fingerprint density at radius 3 is 1.62 bits per heavy atom. The standard InChI is InChI=1S/C28H28FN5O4.C27H32BFN2O5.C9H10BrN3O2/c1-28(2,3)18-10-16-13-31-34(26(37)24(16)21(29)12-18)23-7-5-6-19(20(23)15-35)17-11-22(25(36)33(4)14-17)32-27-30-8-9-38-27;1-16(32)34-15-19-20(28-35-26(5,6)27(7,8)36-28)10-9-11-22(19)31-24(33)23-17(14-30-31)12-18(13-21(23)29)25(2,3)4;1-13-5-6(10)4-7(8(13)14)12-9-11-2-3-15-9/h5-7,10-14,35H,8-9,15H2,1-4H3,(H,30,32);9-14H,15H2,1-8H3;4-5H,2-3H2,1H3,(H,11,12). The smallest absolute Gasteiger partial charge is 0.463 e. The van der Waals surface area contributed by atoms with E-state index in [1.165, 1.54) is 40.6 Å². The second kappa shape index (κ2) is 25.5. The van der Waals surface area contributed by atoms with Crippen LogP contribution in [0.2, 0.25) is 0 Å². The normalized spacial score (nSPS) is 15.1. The average molecular weight is 1280 g/mol. The van der Waals surface area contributed by atoms with Gasteiger partial charge >= 0.3 is 13.1 Å². The first-order valence-electron chi connectivity index (χ1n) is 28.6. The number of aromatic nitrogens is 6. The summed E-state index contributed by atoms with van der Waals surface area (Å²) in [6.45, 7) is 22.5. The molecule has 0 bridgehead atoms. The Morgan fingerprint density at radius 1 is 0.685 bits per heavy atom. The molecule has 0 amide bonds. The summed E-state index contributed by atoms with van der Waals surface area (Å²) >= 11 is 3.32. The van der Waals surface area contributed by atoms with Crippen molar-refractivity contribution < 1.29 is 42.2 Å². The maximum atomic E-state index is 15.2. The van der Waals surface area contributed by atoms with E-state index in [4.69, 9.17) is 23.5 Å². The van der Waals surface area contributed by atoms with E-state index in [2.05, 4.69) is 46.7 Å². The van der Waals surface area contributed by atoms with E-state index in [9.17, 15) is 29.1 Å². The van der Waals surface area contributed by atoms with Gasteiger partial charge in [0.05, 0.1) is 65.4 Å². The Morgan fingerprint density at radius 2 is 1.16 bits per heavy atom. The van der Waals surface area contributed by atoms with E-state index in [0.717, 1.165) is 25.0 Å². The van der Waals surface area contributed by atoms with E-state index >= 15 is 8.78 Å². The van der Waals surface area contributed by atoms with Crippen LogP contribution in [-0.4, -0.2) is 96.4 Å². The number of anilines is 2. The van der Waals surface area contributed by atoms with Gasteiger partial charge in [-0.05, 0) is 125 Å². The van der Waals surface area contributed by atoms with E-state index in [0.29, 0.717) is 87.9 Å². The molecule has 4 aromatic heterocycles. The summed E-state index contributed by atoms with van der Waals surface area (Å²) in [6, 6.07) is 20.7. The van der Waals surface area contributed by atoms with Gasteiger partial charge in [-0.15, -0.1) is 0 Å². The van der Waals surface area contributed by atoms with Crippen molar-refractivity contribution in [1.29, 1.82) is 0 Å². The van der Waals surface area contributed by atoms with Gasteiger partial charge in [-0.3, -0.25) is 24.0 Å². The SMILES string of the molecule is CC(=O)OCc1c(B2OC(C)(C)C(C)(C)O2)cccc1-n1ncc2cc(C(C)(C)C)cc(F)c2c1=O.Cn1cc(-c2cccc(-n3ncc4cc(C(C)(C)C)cc(F)c4c3=O)c2CO)cc(NC2=NCCO2)c1=O.Cn1cc(Br)cc(NC2=NCCO2)c1=O. The molecule has 0 radical (unpaired) electrons. The first-order chi connectivity index (χ1) is 41.9. The molecule has 0 atom stereocenters. The molecular formula is C64H70BBrF2N10O11. The van der Waals surface area contributed by atoms with Crippen LogP contribution in [0.25, 0.3) is 44.0 Å². The van der Waals surface area contributed by atoms with Crippen LogP contribution < -0.4 is 38.3 Å². The predicted molar refractivity (Wildman–Crippen MR) is 343 cm³/mol. The van der Waals surface area contributed by atoms with Crippen molar-refractivity contribution in [3.8, 4) is 22.5 Å². The van der Waals surface area contributed by atoms with Crippen molar-refractivity contribution in [2.45, 2.75) is 111 Å². The Labute approximate surface area is 520 Å². The molecule has 11 rings (SSSR count). The van der Waals surface area contributed by atoms with Gasteiger partial charge in [-0.25, -0.2) is 18.8 Å². The molecule has 0 unspecified atom stereocenters. The molecule has 0 saturated carbocycles. The number of aliphatic hydroxyl groups is 1. The number of halogens is 3. The number of carbonyl (C=O) groups is 1. The fraction of sp³-hybridized carbons (Fsp3) is 0.359. The van der Waals surface area contributed by atoms with Crippen LogP contribution >= 0.6 is 15.9 Å². The minimum atomic E-state index is -0.761. The number of amidine groups is 2. The summed E-state index contributed by atoms with van der Waals surface area (Å²) in [6.07, 6.45) is 6.27. The van der Waals surface area contributed by atoms with Gasteiger partial charge in [0, 0.05) is 65.3 Å². The molecule has 0 spiro atoms. The van der Waals surface area contributed by atoms with E-state index in [1.54, 1.807) is 87.2 Å². The molecule has 8 aromatic rings. The average Bonchev–Trinajstić information content (AvgIpc) is 1.66. The van der Waals surface area contributed by atoms with Crippen molar-refractivity contribution >= 4 is 79.4 Å². The number of aryl methyl sites for hydroxylation is 2. The third kappa shape index (κ3) is 13.8. The van der Waals surface area contributed by atoms with Gasteiger partial charge in [0.2, 0.25) is 0 Å². The number of pyridine rings is 2. The number of aliphatic hydroxyl groups excluding tert-OH is 1. The van der Waals surface area contributed by atoms with Gasteiger partial charge in [-0.2, -0.15) is 19.6 Å². The first kappa shape index (κ1) is 64.8. The van der Waals surface area contributed by atoms with Gasteiger partial charge in [-0.1, -0.05) is 65.8 Å². The van der Waals surface area contributed by atoms with Crippen molar-refractivity contribution in [1.82, 2.24) is 28.7 Å². The zero-order chi connectivity index (χ0) is 64.7. The molecule has 3 N–H and O–H groups in total. The third-order valence-corrected chi connectivity index (χ3v) is 16.0. The highest BCUT2D eigenvalue weighted by molar-refractivity contribution is 9.10. The Balaban J connectivity index is 0.000000172. The second-order valence-electron chi connectivity index (χ2n) is 24.6. The van der Waals surface area contributed by atoms with Crippen LogP contribution in [0.1, 0.15) is 98.4 Å². The van der Waals surface area contributed by atoms with Crippen molar-refractivity contribution in [3.63, 3.8) is 0 Å². The molecule has 3 aliphatic rings. The Kier molecular flexibility index (Phi) is 18.5. The molecule has 1 fully saturated rings. The summed E-state index contributed by atoms with van der Waals surface area (Å²) in [5, 5.41) is 25.6. The largest absolute Gasteiger partial charge is 0.495 e. The van der Waals surface area contributed by atoms with Crippen molar-refractivity contribution in [3.05, 3.63) is 177 Å². The molecule has 4 aromatic carbocycles. The molecule has 7 heterocycles. The zero-order valence-corrected chi connectivity index (χ0v) is 53.4. The molecule has 25 heteroatoms. The number of fused-ring (bicyclic) bond motifs is 2. The molecule has 0 aliphatic carbocycles. The number of nitrogens with one attached hydrogen (secondary N) is 2. The minimum absolute atomic E-state index is 0.0579. The second-order valence-corrected chi connectivity index (χ2v) is 25.5. The van der Waals surface area contributed by atoms with Crippen molar-refractivity contribution in [2.75, 3.05) is 36.9 Å². The highest BCUT2D eigenvalue weighted by atomic mass is 79.9. The lowest BCUT2D eigenvalue weighted by atomic mass is 9.75. The van der Waals surface area contributed by atoms with Crippen LogP contribution in [-0.2, 0) is 66.5 Å². The topological polar surface area (TPSA) is 246 Å². The molecule has 1 saturated heterocycles. The van der Waals surface area contributed by atoms with Crippen LogP contribution in [0.4, 0.5) is 20.2 Å². The lowest BCUT2D eigenvalue weighted by Gasteiger charge is -2.32. The fourth-order valence-corrected chi connectivity index (χ4v) is 10.5. The van der Waals surface area contributed by atoms with Crippen LogP contribution in [0, 0.1) is 11.6 Å². The minimum Gasteiger partial charge on any atom is -0.463 e. The summed E-state index contributed by atoms with van der Waals surface area (Å²) in [5.74, 6) is -1.72. The van der Waals surface area contributed by atoms with Gasteiger partial charge in [0.15, 0.2) is 0 Å². The first-order valence-corrected chi connectivity index (χ1v) is 29.4. The van der Waals surface area contributed by atoms with E-state index in [1.807, 2.05) is 69.2 Å². The fourth-order valence-electron chi connectivity index (χ4n) is 9.96. The highest BCUT2D eigenvalue weighted by Crippen LogP contribution is 2.38.